The van der Waals surface area contributed by atoms with Crippen molar-refractivity contribution < 1.29 is 4.74 Å². The lowest BCUT2D eigenvalue weighted by Crippen LogP contribution is -2.28. The zero-order chi connectivity index (χ0) is 15.4. The second-order valence-corrected chi connectivity index (χ2v) is 6.57. The molecule has 0 amide bonds. The normalized spacial score (nSPS) is 25.6. The van der Waals surface area contributed by atoms with E-state index >= 15 is 0 Å². The van der Waals surface area contributed by atoms with Crippen molar-refractivity contribution in [3.63, 3.8) is 0 Å². The Labute approximate surface area is 133 Å². The van der Waals surface area contributed by atoms with Crippen LogP contribution in [0.1, 0.15) is 43.7 Å². The van der Waals surface area contributed by atoms with Gasteiger partial charge in [0.1, 0.15) is 0 Å². The molecule has 1 fully saturated rings. The minimum Gasteiger partial charge on any atom is -0.378 e. The summed E-state index contributed by atoms with van der Waals surface area (Å²) in [5.41, 5.74) is 10.1. The van der Waals surface area contributed by atoms with Crippen molar-refractivity contribution in [3.8, 4) is 0 Å². The molecule has 2 aliphatic rings. The first kappa shape index (κ1) is 15.3. The monoisotopic (exact) mass is 301 g/mol. The van der Waals surface area contributed by atoms with E-state index in [0.717, 1.165) is 38.1 Å². The second kappa shape index (κ2) is 7.14. The standard InChI is InChI=1S/C18H27N3O/c1-13-11-14(9-10-22-13)12-20-18(19)21-17-8-4-6-15-5-2-3-7-16(15)17/h4,6,8,13-14H,2-3,5,7,9-12H2,1H3,(H3,19,20,21). The van der Waals surface area contributed by atoms with Crippen LogP contribution in [0.25, 0.3) is 0 Å². The molecule has 4 heteroatoms. The van der Waals surface area contributed by atoms with Crippen LogP contribution in [0.3, 0.4) is 0 Å². The fourth-order valence-corrected chi connectivity index (χ4v) is 3.56. The molecule has 2 atom stereocenters. The molecule has 0 spiro atoms. The van der Waals surface area contributed by atoms with Crippen molar-refractivity contribution >= 4 is 11.6 Å². The minimum atomic E-state index is 0.351. The van der Waals surface area contributed by atoms with E-state index in [9.17, 15) is 0 Å². The Morgan fingerprint density at radius 3 is 3.09 bits per heavy atom. The second-order valence-electron chi connectivity index (χ2n) is 6.57. The summed E-state index contributed by atoms with van der Waals surface area (Å²) in [7, 11) is 0. The number of nitrogens with two attached hydrogens (primary N) is 1. The Kier molecular flexibility index (Phi) is 4.98. The van der Waals surface area contributed by atoms with Gasteiger partial charge in [-0.05, 0) is 68.6 Å². The smallest absolute Gasteiger partial charge is 0.193 e. The molecule has 1 aromatic carbocycles. The van der Waals surface area contributed by atoms with Gasteiger partial charge in [-0.1, -0.05) is 12.1 Å². The van der Waals surface area contributed by atoms with Gasteiger partial charge in [-0.15, -0.1) is 0 Å². The average molecular weight is 301 g/mol. The first-order valence-electron chi connectivity index (χ1n) is 8.51. The molecule has 0 bridgehead atoms. The van der Waals surface area contributed by atoms with Crippen LogP contribution in [0.2, 0.25) is 0 Å². The Hall–Kier alpha value is -1.55. The lowest BCUT2D eigenvalue weighted by atomic mass is 9.90. The van der Waals surface area contributed by atoms with Crippen LogP contribution in [-0.4, -0.2) is 25.2 Å². The number of fused-ring (bicyclic) bond motifs is 1. The van der Waals surface area contributed by atoms with Gasteiger partial charge in [0.15, 0.2) is 5.96 Å². The van der Waals surface area contributed by atoms with E-state index in [1.165, 1.54) is 30.4 Å². The van der Waals surface area contributed by atoms with Gasteiger partial charge in [-0.3, -0.25) is 4.99 Å². The Morgan fingerprint density at radius 1 is 1.36 bits per heavy atom. The van der Waals surface area contributed by atoms with Gasteiger partial charge < -0.3 is 15.8 Å². The lowest BCUT2D eigenvalue weighted by Gasteiger charge is -2.26. The summed E-state index contributed by atoms with van der Waals surface area (Å²) in [6.07, 6.45) is 7.40. The van der Waals surface area contributed by atoms with Crippen LogP contribution in [0.4, 0.5) is 5.69 Å². The highest BCUT2D eigenvalue weighted by Crippen LogP contribution is 2.27. The highest BCUT2D eigenvalue weighted by atomic mass is 16.5. The number of rotatable bonds is 3. The number of nitrogens with one attached hydrogen (secondary N) is 1. The maximum Gasteiger partial charge on any atom is 0.193 e. The number of nitrogens with zero attached hydrogens (tertiary/aromatic N) is 1. The van der Waals surface area contributed by atoms with E-state index in [0.29, 0.717) is 18.0 Å². The van der Waals surface area contributed by atoms with Gasteiger partial charge in [-0.2, -0.15) is 0 Å². The first-order valence-corrected chi connectivity index (χ1v) is 8.51. The molecule has 1 aromatic rings. The SMILES string of the molecule is CC1CC(CN=C(N)Nc2cccc3c2CCCC3)CCO1. The van der Waals surface area contributed by atoms with Crippen molar-refractivity contribution in [1.82, 2.24) is 0 Å². The molecule has 0 radical (unpaired) electrons. The zero-order valence-corrected chi connectivity index (χ0v) is 13.5. The van der Waals surface area contributed by atoms with E-state index in [1.54, 1.807) is 0 Å². The largest absolute Gasteiger partial charge is 0.378 e. The van der Waals surface area contributed by atoms with E-state index in [4.69, 9.17) is 10.5 Å². The van der Waals surface area contributed by atoms with E-state index < -0.39 is 0 Å². The summed E-state index contributed by atoms with van der Waals surface area (Å²) in [4.78, 5) is 4.55. The van der Waals surface area contributed by atoms with Crippen molar-refractivity contribution in [2.45, 2.75) is 51.6 Å². The molecule has 1 aliphatic carbocycles. The van der Waals surface area contributed by atoms with Gasteiger partial charge in [-0.25, -0.2) is 0 Å². The molecule has 3 N–H and O–H groups in total. The number of anilines is 1. The molecule has 3 rings (SSSR count). The van der Waals surface area contributed by atoms with Gasteiger partial charge >= 0.3 is 0 Å². The third-order valence-corrected chi connectivity index (χ3v) is 4.77. The Balaban J connectivity index is 1.61. The van der Waals surface area contributed by atoms with Crippen LogP contribution in [0.15, 0.2) is 23.2 Å². The third kappa shape index (κ3) is 3.80. The fourth-order valence-electron chi connectivity index (χ4n) is 3.56. The molecule has 0 saturated carbocycles. The zero-order valence-electron chi connectivity index (χ0n) is 13.5. The molecular formula is C18H27N3O. The third-order valence-electron chi connectivity index (χ3n) is 4.77. The van der Waals surface area contributed by atoms with Crippen molar-refractivity contribution in [3.05, 3.63) is 29.3 Å². The number of guanidine groups is 1. The fraction of sp³-hybridized carbons (Fsp3) is 0.611. The first-order chi connectivity index (χ1) is 10.7. The topological polar surface area (TPSA) is 59.6 Å². The number of benzene rings is 1. The van der Waals surface area contributed by atoms with E-state index in [2.05, 4.69) is 35.4 Å². The lowest BCUT2D eigenvalue weighted by molar-refractivity contribution is 0.00482. The van der Waals surface area contributed by atoms with Crippen LogP contribution in [0, 0.1) is 5.92 Å². The van der Waals surface area contributed by atoms with Crippen LogP contribution in [0.5, 0.6) is 0 Å². The van der Waals surface area contributed by atoms with Gasteiger partial charge in [0.05, 0.1) is 6.10 Å². The molecule has 1 saturated heterocycles. The molecule has 1 heterocycles. The van der Waals surface area contributed by atoms with E-state index in [1.807, 2.05) is 0 Å². The minimum absolute atomic E-state index is 0.351. The van der Waals surface area contributed by atoms with Crippen molar-refractivity contribution in [1.29, 1.82) is 0 Å². The summed E-state index contributed by atoms with van der Waals surface area (Å²) < 4.78 is 5.58. The average Bonchev–Trinajstić information content (AvgIpc) is 2.53. The molecule has 1 aliphatic heterocycles. The van der Waals surface area contributed by atoms with Gasteiger partial charge in [0.2, 0.25) is 0 Å². The molecular weight excluding hydrogens is 274 g/mol. The van der Waals surface area contributed by atoms with Crippen LogP contribution in [-0.2, 0) is 17.6 Å². The number of aryl methyl sites for hydroxylation is 1. The quantitative estimate of drug-likeness (QED) is 0.666. The van der Waals surface area contributed by atoms with Crippen LogP contribution >= 0.6 is 0 Å². The summed E-state index contributed by atoms with van der Waals surface area (Å²) in [6, 6.07) is 6.46. The molecule has 0 aromatic heterocycles. The number of aliphatic imine (C=N–C) groups is 1. The van der Waals surface area contributed by atoms with Gasteiger partial charge in [0.25, 0.3) is 0 Å². The summed E-state index contributed by atoms with van der Waals surface area (Å²) in [5, 5.41) is 3.32. The predicted octanol–water partition coefficient (Wildman–Crippen LogP) is 3.11. The number of ether oxygens (including phenoxy) is 1. The summed E-state index contributed by atoms with van der Waals surface area (Å²) >= 11 is 0. The molecule has 2 unspecified atom stereocenters. The maximum atomic E-state index is 6.10. The molecule has 120 valence electrons. The molecule has 22 heavy (non-hydrogen) atoms. The predicted molar refractivity (Wildman–Crippen MR) is 91.3 cm³/mol. The number of hydrogen-bond donors (Lipinski definition) is 2. The maximum absolute atomic E-state index is 6.10. The highest BCUT2D eigenvalue weighted by molar-refractivity contribution is 5.93. The van der Waals surface area contributed by atoms with E-state index in [-0.39, 0.29) is 0 Å². The Bertz CT molecular complexity index is 541. The van der Waals surface area contributed by atoms with Crippen molar-refractivity contribution in [2.24, 2.45) is 16.6 Å². The number of hydrogen-bond acceptors (Lipinski definition) is 2. The van der Waals surface area contributed by atoms with Crippen LogP contribution < -0.4 is 11.1 Å². The van der Waals surface area contributed by atoms with Gasteiger partial charge in [0, 0.05) is 18.8 Å². The summed E-state index contributed by atoms with van der Waals surface area (Å²) in [6.45, 7) is 3.77. The highest BCUT2D eigenvalue weighted by Gasteiger charge is 2.19. The van der Waals surface area contributed by atoms with Crippen molar-refractivity contribution in [2.75, 3.05) is 18.5 Å². The summed E-state index contributed by atoms with van der Waals surface area (Å²) in [5.74, 6) is 1.13. The molecule has 4 nitrogen and oxygen atoms in total. The Morgan fingerprint density at radius 2 is 2.23 bits per heavy atom.